The van der Waals surface area contributed by atoms with Crippen LogP contribution in [0.2, 0.25) is 0 Å². The topological polar surface area (TPSA) is 26.3 Å². The monoisotopic (exact) mass is 332 g/mol. The number of Topliss-reactive ketones (excluding diaryl/α,β-unsaturated/α-hetero) is 1. The second kappa shape index (κ2) is 7.72. The Morgan fingerprint density at radius 3 is 1.92 bits per heavy atom. The second-order valence-corrected chi connectivity index (χ2v) is 9.25. The fourth-order valence-corrected chi connectivity index (χ4v) is 3.38. The lowest BCUT2D eigenvalue weighted by molar-refractivity contribution is -0.131. The van der Waals surface area contributed by atoms with E-state index in [0.717, 1.165) is 18.6 Å². The number of hydrogen-bond donors (Lipinski definition) is 0. The number of ether oxygens (including phenoxy) is 1. The highest BCUT2D eigenvalue weighted by molar-refractivity contribution is 5.86. The predicted molar refractivity (Wildman–Crippen MR) is 103 cm³/mol. The van der Waals surface area contributed by atoms with Crippen LogP contribution in [0.15, 0.2) is 12.1 Å². The summed E-state index contributed by atoms with van der Waals surface area (Å²) in [6.07, 6.45) is 1.73. The molecule has 0 aliphatic rings. The van der Waals surface area contributed by atoms with Crippen molar-refractivity contribution in [2.75, 3.05) is 6.61 Å². The van der Waals surface area contributed by atoms with Crippen LogP contribution in [-0.4, -0.2) is 12.4 Å². The third kappa shape index (κ3) is 5.96. The molecule has 0 aromatic heterocycles. The first-order valence-corrected chi connectivity index (χ1v) is 9.12. The average molecular weight is 333 g/mol. The highest BCUT2D eigenvalue weighted by Crippen LogP contribution is 2.34. The highest BCUT2D eigenvalue weighted by atomic mass is 16.5. The van der Waals surface area contributed by atoms with Gasteiger partial charge in [-0.1, -0.05) is 41.5 Å². The van der Waals surface area contributed by atoms with Gasteiger partial charge in [0, 0.05) is 11.3 Å². The number of aryl methyl sites for hydroxylation is 2. The maximum atomic E-state index is 13.0. The number of hydrogen-bond acceptors (Lipinski definition) is 2. The summed E-state index contributed by atoms with van der Waals surface area (Å²) in [6.45, 7) is 19.7. The van der Waals surface area contributed by atoms with Crippen LogP contribution in [0.5, 0.6) is 5.75 Å². The van der Waals surface area contributed by atoms with Crippen LogP contribution in [-0.2, 0) is 11.2 Å². The number of rotatable bonds is 6. The maximum Gasteiger partial charge on any atom is 0.141 e. The summed E-state index contributed by atoms with van der Waals surface area (Å²) in [7, 11) is 0. The van der Waals surface area contributed by atoms with E-state index < -0.39 is 0 Å². The molecule has 2 nitrogen and oxygen atoms in total. The Morgan fingerprint density at radius 2 is 1.54 bits per heavy atom. The zero-order chi connectivity index (χ0) is 18.7. The van der Waals surface area contributed by atoms with E-state index in [1.807, 2.05) is 27.7 Å². The molecule has 1 atom stereocenters. The van der Waals surface area contributed by atoms with Gasteiger partial charge in [-0.3, -0.25) is 4.79 Å². The van der Waals surface area contributed by atoms with Crippen molar-refractivity contribution in [3.05, 3.63) is 28.8 Å². The second-order valence-electron chi connectivity index (χ2n) is 9.25. The van der Waals surface area contributed by atoms with Gasteiger partial charge < -0.3 is 4.74 Å². The molecule has 0 bridgehead atoms. The van der Waals surface area contributed by atoms with Crippen molar-refractivity contribution in [2.45, 2.75) is 75.2 Å². The number of carbonyl (C=O) groups is 1. The van der Waals surface area contributed by atoms with Gasteiger partial charge in [0.2, 0.25) is 0 Å². The van der Waals surface area contributed by atoms with Crippen molar-refractivity contribution >= 4 is 5.78 Å². The Morgan fingerprint density at radius 1 is 1.04 bits per heavy atom. The number of carbonyl (C=O) groups excluding carboxylic acids is 1. The predicted octanol–water partition coefficient (Wildman–Crippen LogP) is 5.91. The molecule has 2 heteroatoms. The summed E-state index contributed by atoms with van der Waals surface area (Å²) in [6, 6.07) is 4.20. The van der Waals surface area contributed by atoms with Gasteiger partial charge >= 0.3 is 0 Å². The summed E-state index contributed by atoms with van der Waals surface area (Å²) >= 11 is 0. The van der Waals surface area contributed by atoms with Gasteiger partial charge in [0.25, 0.3) is 0 Å². The van der Waals surface area contributed by atoms with Crippen LogP contribution in [0.4, 0.5) is 0 Å². The Hall–Kier alpha value is -1.31. The van der Waals surface area contributed by atoms with E-state index in [9.17, 15) is 4.79 Å². The Labute approximate surface area is 149 Å². The summed E-state index contributed by atoms with van der Waals surface area (Å²) in [4.78, 5) is 13.0. The van der Waals surface area contributed by atoms with Gasteiger partial charge in [-0.05, 0) is 67.9 Å². The molecule has 24 heavy (non-hydrogen) atoms. The molecule has 0 amide bonds. The van der Waals surface area contributed by atoms with Gasteiger partial charge in [-0.15, -0.1) is 0 Å². The smallest absolute Gasteiger partial charge is 0.141 e. The standard InChI is InChI=1S/C22H36O2/c1-10-24-18-11-15(2)19(16(3)12-18)13-17(14-21(4,5)6)20(23)22(7,8)9/h11-12,17H,10,13-14H2,1-9H3/t17-/m1/s1. The lowest BCUT2D eigenvalue weighted by atomic mass is 9.73. The van der Waals surface area contributed by atoms with Crippen molar-refractivity contribution in [2.24, 2.45) is 16.7 Å². The fourth-order valence-electron chi connectivity index (χ4n) is 3.38. The fraction of sp³-hybridized carbons (Fsp3) is 0.682. The molecule has 0 saturated carbocycles. The minimum atomic E-state index is -0.303. The molecule has 0 spiro atoms. The van der Waals surface area contributed by atoms with Crippen molar-refractivity contribution in [3.8, 4) is 5.75 Å². The highest BCUT2D eigenvalue weighted by Gasteiger charge is 2.33. The minimum absolute atomic E-state index is 0.0559. The average Bonchev–Trinajstić information content (AvgIpc) is 2.38. The van der Waals surface area contributed by atoms with Gasteiger partial charge in [0.15, 0.2) is 0 Å². The first-order chi connectivity index (χ1) is 10.8. The molecule has 1 aromatic carbocycles. The zero-order valence-electron chi connectivity index (χ0n) is 17.2. The van der Waals surface area contributed by atoms with Crippen LogP contribution >= 0.6 is 0 Å². The molecule has 0 saturated heterocycles. The van der Waals surface area contributed by atoms with E-state index in [-0.39, 0.29) is 16.7 Å². The van der Waals surface area contributed by atoms with Gasteiger partial charge in [0.1, 0.15) is 11.5 Å². The van der Waals surface area contributed by atoms with Crippen LogP contribution < -0.4 is 4.74 Å². The quantitative estimate of drug-likeness (QED) is 0.647. The molecule has 1 aromatic rings. The molecule has 0 aliphatic heterocycles. The van der Waals surface area contributed by atoms with E-state index in [1.54, 1.807) is 0 Å². The lowest BCUT2D eigenvalue weighted by Crippen LogP contribution is -2.32. The molecule has 0 aliphatic carbocycles. The van der Waals surface area contributed by atoms with Crippen LogP contribution in [0.3, 0.4) is 0 Å². The van der Waals surface area contributed by atoms with Crippen molar-refractivity contribution in [1.82, 2.24) is 0 Å². The molecular weight excluding hydrogens is 296 g/mol. The maximum absolute atomic E-state index is 13.0. The first kappa shape index (κ1) is 20.7. The molecular formula is C22H36O2. The Bertz CT molecular complexity index is 548. The molecule has 136 valence electrons. The van der Waals surface area contributed by atoms with E-state index in [0.29, 0.717) is 12.4 Å². The minimum Gasteiger partial charge on any atom is -0.494 e. The molecule has 0 heterocycles. The van der Waals surface area contributed by atoms with E-state index >= 15 is 0 Å². The van der Waals surface area contributed by atoms with Crippen LogP contribution in [0.25, 0.3) is 0 Å². The van der Waals surface area contributed by atoms with E-state index in [4.69, 9.17) is 4.74 Å². The Balaban J connectivity index is 3.17. The van der Waals surface area contributed by atoms with Crippen molar-refractivity contribution in [1.29, 1.82) is 0 Å². The largest absolute Gasteiger partial charge is 0.494 e. The van der Waals surface area contributed by atoms with Crippen LogP contribution in [0, 0.1) is 30.6 Å². The molecule has 0 radical (unpaired) electrons. The van der Waals surface area contributed by atoms with Crippen molar-refractivity contribution < 1.29 is 9.53 Å². The summed E-state index contributed by atoms with van der Waals surface area (Å²) in [5, 5.41) is 0. The van der Waals surface area contributed by atoms with E-state index in [2.05, 4.69) is 46.8 Å². The van der Waals surface area contributed by atoms with Crippen LogP contribution in [0.1, 0.15) is 71.6 Å². The van der Waals surface area contributed by atoms with Gasteiger partial charge in [-0.2, -0.15) is 0 Å². The molecule has 0 fully saturated rings. The molecule has 0 N–H and O–H groups in total. The summed E-state index contributed by atoms with van der Waals surface area (Å²) < 4.78 is 5.64. The number of benzene rings is 1. The first-order valence-electron chi connectivity index (χ1n) is 9.12. The van der Waals surface area contributed by atoms with Gasteiger partial charge in [-0.25, -0.2) is 0 Å². The zero-order valence-corrected chi connectivity index (χ0v) is 17.2. The summed E-state index contributed by atoms with van der Waals surface area (Å²) in [5.41, 5.74) is 3.57. The molecule has 1 rings (SSSR count). The van der Waals surface area contributed by atoms with Crippen molar-refractivity contribution in [3.63, 3.8) is 0 Å². The van der Waals surface area contributed by atoms with Gasteiger partial charge in [0.05, 0.1) is 6.61 Å². The van der Waals surface area contributed by atoms with E-state index in [1.165, 1.54) is 16.7 Å². The third-order valence-electron chi connectivity index (χ3n) is 4.40. The Kier molecular flexibility index (Phi) is 6.67. The number of ketones is 1. The summed E-state index contributed by atoms with van der Waals surface area (Å²) in [5.74, 6) is 1.34. The lowest BCUT2D eigenvalue weighted by Gasteiger charge is -2.31. The normalized spacial score (nSPS) is 13.7. The molecule has 0 unspecified atom stereocenters. The third-order valence-corrected chi connectivity index (χ3v) is 4.40. The SMILES string of the molecule is CCOc1cc(C)c(C[C@H](CC(C)(C)C)C(=O)C(C)(C)C)c(C)c1.